The van der Waals surface area contributed by atoms with Crippen molar-refractivity contribution in [1.82, 2.24) is 4.98 Å². The lowest BCUT2D eigenvalue weighted by atomic mass is 10.2. The molecule has 0 atom stereocenters. The van der Waals surface area contributed by atoms with Crippen molar-refractivity contribution in [3.63, 3.8) is 0 Å². The van der Waals surface area contributed by atoms with Gasteiger partial charge in [-0.2, -0.15) is 0 Å². The maximum Gasteiger partial charge on any atom is 0.260 e. The van der Waals surface area contributed by atoms with Crippen LogP contribution in [0.15, 0.2) is 48.5 Å². The van der Waals surface area contributed by atoms with Crippen LogP contribution in [0.25, 0.3) is 10.2 Å². The molecule has 1 amide bonds. The third-order valence-corrected chi connectivity index (χ3v) is 5.19. The van der Waals surface area contributed by atoms with Crippen LogP contribution in [0.4, 0.5) is 5.13 Å². The minimum Gasteiger partial charge on any atom is -0.497 e. The Kier molecular flexibility index (Phi) is 5.85. The molecule has 1 heterocycles. The lowest BCUT2D eigenvalue weighted by molar-refractivity contribution is -0.858. The standard InChI is InChI=1S/C20H23N3O2S/c1-22(2)12-7-13-23(19(24)15-8-6-9-16(14-15)25-3)20-21-17-10-4-5-11-18(17)26-20/h4-6,8-11,14H,7,12-13H2,1-3H3/p+1. The average Bonchev–Trinajstić information content (AvgIpc) is 3.08. The van der Waals surface area contributed by atoms with Gasteiger partial charge in [0.1, 0.15) is 5.75 Å². The smallest absolute Gasteiger partial charge is 0.260 e. The Hall–Kier alpha value is -2.44. The fourth-order valence-corrected chi connectivity index (χ4v) is 3.75. The number of fused-ring (bicyclic) bond motifs is 1. The third-order valence-electron chi connectivity index (χ3n) is 4.13. The summed E-state index contributed by atoms with van der Waals surface area (Å²) in [5, 5.41) is 0.743. The van der Waals surface area contributed by atoms with Crippen molar-refractivity contribution in [3.8, 4) is 5.75 Å². The van der Waals surface area contributed by atoms with Gasteiger partial charge in [0.15, 0.2) is 5.13 Å². The van der Waals surface area contributed by atoms with Crippen LogP contribution in [0.3, 0.4) is 0 Å². The molecule has 26 heavy (non-hydrogen) atoms. The Morgan fingerprint density at radius 1 is 1.19 bits per heavy atom. The molecule has 0 aliphatic rings. The van der Waals surface area contributed by atoms with E-state index in [-0.39, 0.29) is 5.91 Å². The Bertz CT molecular complexity index is 858. The first-order valence-electron chi connectivity index (χ1n) is 8.69. The molecule has 0 spiro atoms. The van der Waals surface area contributed by atoms with Crippen LogP contribution in [-0.4, -0.2) is 45.2 Å². The summed E-state index contributed by atoms with van der Waals surface area (Å²) in [6.07, 6.45) is 0.911. The molecule has 3 aromatic rings. The number of quaternary nitrogens is 1. The number of hydrogen-bond donors (Lipinski definition) is 1. The summed E-state index contributed by atoms with van der Waals surface area (Å²) < 4.78 is 6.35. The second-order valence-corrected chi connectivity index (χ2v) is 7.47. The second kappa shape index (κ2) is 8.29. The number of nitrogens with zero attached hydrogens (tertiary/aromatic N) is 2. The van der Waals surface area contributed by atoms with Gasteiger partial charge in [0.2, 0.25) is 0 Å². The normalized spacial score (nSPS) is 11.1. The molecule has 0 aliphatic heterocycles. The minimum atomic E-state index is -0.0447. The number of ether oxygens (including phenoxy) is 1. The minimum absolute atomic E-state index is 0.0447. The molecule has 136 valence electrons. The van der Waals surface area contributed by atoms with Gasteiger partial charge in [-0.15, -0.1) is 0 Å². The maximum absolute atomic E-state index is 13.2. The van der Waals surface area contributed by atoms with Gasteiger partial charge < -0.3 is 9.64 Å². The van der Waals surface area contributed by atoms with Crippen LogP contribution < -0.4 is 14.5 Å². The maximum atomic E-state index is 13.2. The average molecular weight is 370 g/mol. The highest BCUT2D eigenvalue weighted by Gasteiger charge is 2.21. The van der Waals surface area contributed by atoms with E-state index in [1.54, 1.807) is 29.4 Å². The summed E-state index contributed by atoms with van der Waals surface area (Å²) in [6, 6.07) is 15.3. The fraction of sp³-hybridized carbons (Fsp3) is 0.300. The highest BCUT2D eigenvalue weighted by molar-refractivity contribution is 7.22. The number of anilines is 1. The molecule has 3 rings (SSSR count). The van der Waals surface area contributed by atoms with Gasteiger partial charge in [0, 0.05) is 18.5 Å². The first kappa shape index (κ1) is 18.4. The first-order chi connectivity index (χ1) is 12.6. The predicted molar refractivity (Wildman–Crippen MR) is 107 cm³/mol. The van der Waals surface area contributed by atoms with Gasteiger partial charge in [0.25, 0.3) is 5.91 Å². The fourth-order valence-electron chi connectivity index (χ4n) is 2.76. The van der Waals surface area contributed by atoms with Gasteiger partial charge in [-0.1, -0.05) is 29.5 Å². The molecule has 0 saturated carbocycles. The molecule has 0 bridgehead atoms. The van der Waals surface area contributed by atoms with Crippen molar-refractivity contribution >= 4 is 32.6 Å². The Balaban J connectivity index is 1.92. The van der Waals surface area contributed by atoms with E-state index >= 15 is 0 Å². The van der Waals surface area contributed by atoms with Crippen LogP contribution in [0.2, 0.25) is 0 Å². The number of thiazole rings is 1. The van der Waals surface area contributed by atoms with E-state index in [4.69, 9.17) is 4.74 Å². The first-order valence-corrected chi connectivity index (χ1v) is 9.50. The lowest BCUT2D eigenvalue weighted by Gasteiger charge is -2.20. The number of nitrogens with one attached hydrogen (secondary N) is 1. The summed E-state index contributed by atoms with van der Waals surface area (Å²) in [7, 11) is 5.84. The lowest BCUT2D eigenvalue weighted by Crippen LogP contribution is -3.05. The van der Waals surface area contributed by atoms with Gasteiger partial charge in [-0.05, 0) is 30.3 Å². The number of methoxy groups -OCH3 is 1. The third kappa shape index (κ3) is 4.20. The largest absolute Gasteiger partial charge is 0.497 e. The number of aromatic nitrogens is 1. The zero-order chi connectivity index (χ0) is 18.5. The van der Waals surface area contributed by atoms with Crippen LogP contribution in [0, 0.1) is 0 Å². The second-order valence-electron chi connectivity index (χ2n) is 6.46. The highest BCUT2D eigenvalue weighted by atomic mass is 32.1. The summed E-state index contributed by atoms with van der Waals surface area (Å²) in [5.41, 5.74) is 1.54. The summed E-state index contributed by atoms with van der Waals surface area (Å²) >= 11 is 1.55. The molecule has 0 unspecified atom stereocenters. The van der Waals surface area contributed by atoms with Crippen molar-refractivity contribution in [2.75, 3.05) is 39.2 Å². The van der Waals surface area contributed by atoms with Crippen molar-refractivity contribution in [2.24, 2.45) is 0 Å². The summed E-state index contributed by atoms with van der Waals surface area (Å²) in [4.78, 5) is 21.0. The Morgan fingerprint density at radius 3 is 2.73 bits per heavy atom. The van der Waals surface area contributed by atoms with Gasteiger partial charge in [-0.25, -0.2) is 4.98 Å². The number of rotatable bonds is 7. The van der Waals surface area contributed by atoms with E-state index in [1.807, 2.05) is 42.5 Å². The SMILES string of the molecule is COc1cccc(C(=O)N(CCC[NH+](C)C)c2nc3ccccc3s2)c1. The molecular weight excluding hydrogens is 346 g/mol. The Morgan fingerprint density at radius 2 is 2.00 bits per heavy atom. The number of benzene rings is 2. The van der Waals surface area contributed by atoms with Gasteiger partial charge in [-0.3, -0.25) is 9.69 Å². The van der Waals surface area contributed by atoms with Crippen LogP contribution in [0.5, 0.6) is 5.75 Å². The van der Waals surface area contributed by atoms with Gasteiger partial charge in [0.05, 0.1) is 38.0 Å². The molecule has 0 aliphatic carbocycles. The molecule has 0 radical (unpaired) electrons. The van der Waals surface area contributed by atoms with Crippen molar-refractivity contribution < 1.29 is 14.4 Å². The molecule has 2 aromatic carbocycles. The van der Waals surface area contributed by atoms with Crippen LogP contribution >= 0.6 is 11.3 Å². The molecule has 6 heteroatoms. The predicted octanol–water partition coefficient (Wildman–Crippen LogP) is 2.49. The number of carbonyl (C=O) groups excluding carboxylic acids is 1. The molecule has 1 aromatic heterocycles. The van der Waals surface area contributed by atoms with E-state index in [2.05, 4.69) is 19.1 Å². The van der Waals surface area contributed by atoms with Crippen molar-refractivity contribution in [2.45, 2.75) is 6.42 Å². The van der Waals surface area contributed by atoms with Crippen molar-refractivity contribution in [3.05, 3.63) is 54.1 Å². The monoisotopic (exact) mass is 370 g/mol. The molecular formula is C20H24N3O2S+. The topological polar surface area (TPSA) is 46.9 Å². The quantitative estimate of drug-likeness (QED) is 0.695. The zero-order valence-corrected chi connectivity index (χ0v) is 16.2. The molecule has 1 N–H and O–H groups in total. The highest BCUT2D eigenvalue weighted by Crippen LogP contribution is 2.30. The van der Waals surface area contributed by atoms with Crippen LogP contribution in [-0.2, 0) is 0 Å². The summed E-state index contributed by atoms with van der Waals surface area (Å²) in [6.45, 7) is 1.63. The van der Waals surface area contributed by atoms with Crippen LogP contribution in [0.1, 0.15) is 16.8 Å². The van der Waals surface area contributed by atoms with E-state index in [0.29, 0.717) is 17.9 Å². The van der Waals surface area contributed by atoms with E-state index in [1.165, 1.54) is 4.90 Å². The van der Waals surface area contributed by atoms with Gasteiger partial charge >= 0.3 is 0 Å². The number of amides is 1. The number of hydrogen-bond acceptors (Lipinski definition) is 4. The zero-order valence-electron chi connectivity index (χ0n) is 15.4. The number of para-hydroxylation sites is 1. The summed E-state index contributed by atoms with van der Waals surface area (Å²) in [5.74, 6) is 0.634. The van der Waals surface area contributed by atoms with E-state index in [9.17, 15) is 4.79 Å². The number of carbonyl (C=O) groups is 1. The molecule has 5 nitrogen and oxygen atoms in total. The van der Waals surface area contributed by atoms with E-state index in [0.717, 1.165) is 28.3 Å². The molecule has 0 saturated heterocycles. The van der Waals surface area contributed by atoms with Crippen molar-refractivity contribution in [1.29, 1.82) is 0 Å². The van der Waals surface area contributed by atoms with E-state index < -0.39 is 0 Å². The Labute approximate surface area is 157 Å². The molecule has 0 fully saturated rings.